The van der Waals surface area contributed by atoms with Crippen LogP contribution in [0.4, 0.5) is 13.2 Å². The zero-order chi connectivity index (χ0) is 19.5. The van der Waals surface area contributed by atoms with Crippen molar-refractivity contribution in [3.8, 4) is 5.75 Å². The Morgan fingerprint density at radius 3 is 2.48 bits per heavy atom. The van der Waals surface area contributed by atoms with Gasteiger partial charge in [0.05, 0.1) is 18.8 Å². The van der Waals surface area contributed by atoms with Gasteiger partial charge in [0.15, 0.2) is 0 Å². The van der Waals surface area contributed by atoms with Gasteiger partial charge in [-0.15, -0.1) is 0 Å². The van der Waals surface area contributed by atoms with Crippen molar-refractivity contribution in [3.63, 3.8) is 0 Å². The lowest BCUT2D eigenvalue weighted by Gasteiger charge is -2.15. The van der Waals surface area contributed by atoms with E-state index in [1.165, 1.54) is 6.07 Å². The van der Waals surface area contributed by atoms with Gasteiger partial charge in [-0.05, 0) is 43.0 Å². The zero-order valence-electron chi connectivity index (χ0n) is 15.2. The molecular formula is C21H23F3O3. The summed E-state index contributed by atoms with van der Waals surface area (Å²) in [6.07, 6.45) is 0.0417. The summed E-state index contributed by atoms with van der Waals surface area (Å²) in [5.74, 6) is -0.154. The first-order chi connectivity index (χ1) is 13.0. The predicted molar refractivity (Wildman–Crippen MR) is 98.3 cm³/mol. The van der Waals surface area contributed by atoms with E-state index in [1.54, 1.807) is 25.1 Å². The summed E-state index contributed by atoms with van der Waals surface area (Å²) in [5, 5.41) is 0. The summed E-state index contributed by atoms with van der Waals surface area (Å²) in [6.45, 7) is 2.56. The predicted octanol–water partition coefficient (Wildman–Crippen LogP) is 5.70. The third kappa shape index (κ3) is 7.45. The molecule has 146 valence electrons. The number of aryl methyl sites for hydroxylation is 1. The van der Waals surface area contributed by atoms with Crippen molar-refractivity contribution in [1.82, 2.24) is 0 Å². The van der Waals surface area contributed by atoms with Crippen LogP contribution in [0.15, 0.2) is 54.6 Å². The Morgan fingerprint density at radius 1 is 1.00 bits per heavy atom. The van der Waals surface area contributed by atoms with Gasteiger partial charge in [-0.2, -0.15) is 13.2 Å². The zero-order valence-corrected chi connectivity index (χ0v) is 15.2. The average molecular weight is 380 g/mol. The van der Waals surface area contributed by atoms with Gasteiger partial charge in [-0.25, -0.2) is 9.78 Å². The minimum absolute atomic E-state index is 0.154. The quantitative estimate of drug-likeness (QED) is 0.301. The van der Waals surface area contributed by atoms with Crippen LogP contribution in [0.25, 0.3) is 6.08 Å². The molecule has 3 nitrogen and oxygen atoms in total. The maximum absolute atomic E-state index is 13.3. The summed E-state index contributed by atoms with van der Waals surface area (Å²) in [7, 11) is 0. The van der Waals surface area contributed by atoms with Crippen molar-refractivity contribution in [2.75, 3.05) is 19.8 Å². The van der Waals surface area contributed by atoms with Gasteiger partial charge in [0.25, 0.3) is 0 Å². The number of hydrogen-bond donors (Lipinski definition) is 0. The topological polar surface area (TPSA) is 27.7 Å². The van der Waals surface area contributed by atoms with Crippen LogP contribution in [0.2, 0.25) is 0 Å². The number of rotatable bonds is 10. The van der Waals surface area contributed by atoms with Crippen molar-refractivity contribution in [3.05, 3.63) is 71.3 Å². The summed E-state index contributed by atoms with van der Waals surface area (Å²) < 4.78 is 45.4. The van der Waals surface area contributed by atoms with Crippen molar-refractivity contribution in [2.24, 2.45) is 0 Å². The lowest BCUT2D eigenvalue weighted by molar-refractivity contribution is -0.282. The van der Waals surface area contributed by atoms with E-state index in [-0.39, 0.29) is 19.0 Å². The van der Waals surface area contributed by atoms with Gasteiger partial charge >= 0.3 is 6.18 Å². The van der Waals surface area contributed by atoms with Crippen LogP contribution in [0, 0.1) is 0 Å². The van der Waals surface area contributed by atoms with E-state index in [1.807, 2.05) is 30.3 Å². The molecule has 0 N–H and O–H groups in total. The van der Waals surface area contributed by atoms with Gasteiger partial charge in [0.2, 0.25) is 0 Å². The molecule has 0 saturated heterocycles. The third-order valence-corrected chi connectivity index (χ3v) is 3.69. The van der Waals surface area contributed by atoms with Crippen LogP contribution in [0.3, 0.4) is 0 Å². The second kappa shape index (κ2) is 10.7. The van der Waals surface area contributed by atoms with Gasteiger partial charge in [0, 0.05) is 0 Å². The highest BCUT2D eigenvalue weighted by Gasteiger charge is 2.34. The number of hydrogen-bond acceptors (Lipinski definition) is 3. The highest BCUT2D eigenvalue weighted by atomic mass is 19.4. The molecule has 0 aliphatic rings. The molecule has 0 spiro atoms. The molecule has 0 aliphatic carbocycles. The van der Waals surface area contributed by atoms with Crippen molar-refractivity contribution >= 4 is 6.08 Å². The molecule has 6 heteroatoms. The number of benzene rings is 2. The minimum atomic E-state index is -4.49. The van der Waals surface area contributed by atoms with E-state index in [0.29, 0.717) is 18.6 Å². The Morgan fingerprint density at radius 2 is 1.78 bits per heavy atom. The summed E-state index contributed by atoms with van der Waals surface area (Å²) >= 11 is 0. The Labute approximate surface area is 157 Å². The lowest BCUT2D eigenvalue weighted by atomic mass is 10.1. The largest absolute Gasteiger partial charge is 0.493 e. The van der Waals surface area contributed by atoms with E-state index in [4.69, 9.17) is 14.5 Å². The SMILES string of the molecule is CCOOC/C=C\c1ccc(OCCCc2ccccc2)c(C(F)(F)F)c1. The fraction of sp³-hybridized carbons (Fsp3) is 0.333. The normalized spacial score (nSPS) is 11.9. The molecule has 0 unspecified atom stereocenters. The van der Waals surface area contributed by atoms with Gasteiger partial charge in [-0.3, -0.25) is 0 Å². The molecule has 2 aromatic rings. The summed E-state index contributed by atoms with van der Waals surface area (Å²) in [6, 6.07) is 13.8. The highest BCUT2D eigenvalue weighted by molar-refractivity contribution is 5.54. The first kappa shape index (κ1) is 21.0. The molecule has 0 amide bonds. The van der Waals surface area contributed by atoms with Crippen LogP contribution in [0.1, 0.15) is 30.0 Å². The maximum atomic E-state index is 13.3. The van der Waals surface area contributed by atoms with Crippen LogP contribution in [0.5, 0.6) is 5.75 Å². The minimum Gasteiger partial charge on any atom is -0.493 e. The van der Waals surface area contributed by atoms with E-state index in [0.717, 1.165) is 18.1 Å². The Kier molecular flexibility index (Phi) is 8.36. The summed E-state index contributed by atoms with van der Waals surface area (Å²) in [5.41, 5.74) is 0.765. The standard InChI is InChI=1S/C21H23F3O3/c1-2-26-27-15-7-11-18-12-13-20(19(16-18)21(22,23)24)25-14-6-10-17-8-4-3-5-9-17/h3-5,7-9,11-13,16H,2,6,10,14-15H2,1H3/b11-7-. The van der Waals surface area contributed by atoms with Crippen LogP contribution in [-0.4, -0.2) is 19.8 Å². The second-order valence-electron chi connectivity index (χ2n) is 5.78. The number of ether oxygens (including phenoxy) is 1. The second-order valence-corrected chi connectivity index (χ2v) is 5.78. The number of alkyl halides is 3. The van der Waals surface area contributed by atoms with Crippen LogP contribution >= 0.6 is 0 Å². The van der Waals surface area contributed by atoms with E-state index < -0.39 is 11.7 Å². The molecule has 0 radical (unpaired) electrons. The van der Waals surface area contributed by atoms with Gasteiger partial charge < -0.3 is 4.74 Å². The molecule has 2 rings (SSSR count). The van der Waals surface area contributed by atoms with Gasteiger partial charge in [-0.1, -0.05) is 48.6 Å². The van der Waals surface area contributed by atoms with Crippen molar-refractivity contribution in [1.29, 1.82) is 0 Å². The van der Waals surface area contributed by atoms with E-state index in [2.05, 4.69) is 0 Å². The highest BCUT2D eigenvalue weighted by Crippen LogP contribution is 2.37. The molecule has 0 aromatic heterocycles. The van der Waals surface area contributed by atoms with Crippen LogP contribution < -0.4 is 4.74 Å². The van der Waals surface area contributed by atoms with E-state index in [9.17, 15) is 13.2 Å². The molecule has 27 heavy (non-hydrogen) atoms. The maximum Gasteiger partial charge on any atom is 0.419 e. The lowest BCUT2D eigenvalue weighted by Crippen LogP contribution is -2.10. The first-order valence-electron chi connectivity index (χ1n) is 8.79. The third-order valence-electron chi connectivity index (χ3n) is 3.69. The Bertz CT molecular complexity index is 712. The monoisotopic (exact) mass is 380 g/mol. The van der Waals surface area contributed by atoms with Crippen LogP contribution in [-0.2, 0) is 22.4 Å². The molecule has 2 aromatic carbocycles. The fourth-order valence-electron chi connectivity index (χ4n) is 2.46. The molecule has 0 atom stereocenters. The molecule has 0 bridgehead atoms. The Hall–Kier alpha value is -2.31. The molecule has 0 saturated carbocycles. The molecule has 0 heterocycles. The molecule has 0 aliphatic heterocycles. The first-order valence-corrected chi connectivity index (χ1v) is 8.79. The smallest absolute Gasteiger partial charge is 0.419 e. The summed E-state index contributed by atoms with van der Waals surface area (Å²) in [4.78, 5) is 9.50. The van der Waals surface area contributed by atoms with E-state index >= 15 is 0 Å². The van der Waals surface area contributed by atoms with Crippen molar-refractivity contribution in [2.45, 2.75) is 25.9 Å². The van der Waals surface area contributed by atoms with Crippen molar-refractivity contribution < 1.29 is 27.7 Å². The number of halogens is 3. The molecular weight excluding hydrogens is 357 g/mol. The Balaban J connectivity index is 1.96. The fourth-order valence-corrected chi connectivity index (χ4v) is 2.46. The average Bonchev–Trinajstić information content (AvgIpc) is 2.66. The van der Waals surface area contributed by atoms with Gasteiger partial charge in [0.1, 0.15) is 12.4 Å². The molecule has 0 fully saturated rings.